The standard InChI is InChI=1S/C21H25ClN2O2/c22-19-10-8-18(9-11-19)20(17-6-7-17)23-21(26)24(14-15-25)13-12-16-4-2-1-3-5-16/h1-5,8-11,17,20,25H,6-7,12-15H2,(H,23,26). The van der Waals surface area contributed by atoms with Crippen molar-refractivity contribution < 1.29 is 9.90 Å². The zero-order valence-electron chi connectivity index (χ0n) is 14.8. The van der Waals surface area contributed by atoms with Crippen molar-refractivity contribution in [3.8, 4) is 0 Å². The number of rotatable bonds is 8. The van der Waals surface area contributed by atoms with Crippen molar-refractivity contribution in [1.82, 2.24) is 10.2 Å². The van der Waals surface area contributed by atoms with Gasteiger partial charge >= 0.3 is 6.03 Å². The van der Waals surface area contributed by atoms with E-state index in [0.29, 0.717) is 24.0 Å². The van der Waals surface area contributed by atoms with Crippen LogP contribution >= 0.6 is 11.6 Å². The first-order chi connectivity index (χ1) is 12.7. The second kappa shape index (κ2) is 9.06. The monoisotopic (exact) mass is 372 g/mol. The molecule has 2 N–H and O–H groups in total. The van der Waals surface area contributed by atoms with E-state index in [1.54, 1.807) is 4.90 Å². The van der Waals surface area contributed by atoms with E-state index in [0.717, 1.165) is 24.8 Å². The number of aliphatic hydroxyl groups excluding tert-OH is 1. The molecule has 4 nitrogen and oxygen atoms in total. The number of amides is 2. The second-order valence-electron chi connectivity index (χ2n) is 6.76. The average Bonchev–Trinajstić information content (AvgIpc) is 3.50. The molecule has 0 saturated heterocycles. The maximum absolute atomic E-state index is 12.8. The first-order valence-corrected chi connectivity index (χ1v) is 9.51. The van der Waals surface area contributed by atoms with E-state index < -0.39 is 0 Å². The second-order valence-corrected chi connectivity index (χ2v) is 7.20. The molecule has 2 amide bonds. The number of nitrogens with one attached hydrogen (secondary N) is 1. The van der Waals surface area contributed by atoms with Crippen LogP contribution in [0.1, 0.15) is 30.0 Å². The van der Waals surface area contributed by atoms with Crippen molar-refractivity contribution in [2.24, 2.45) is 5.92 Å². The molecule has 1 aliphatic carbocycles. The lowest BCUT2D eigenvalue weighted by molar-refractivity contribution is 0.173. The Kier molecular flexibility index (Phi) is 6.53. The Morgan fingerprint density at radius 1 is 1.12 bits per heavy atom. The highest BCUT2D eigenvalue weighted by atomic mass is 35.5. The van der Waals surface area contributed by atoms with E-state index in [-0.39, 0.29) is 18.7 Å². The first-order valence-electron chi connectivity index (χ1n) is 9.13. The number of aliphatic hydroxyl groups is 1. The summed E-state index contributed by atoms with van der Waals surface area (Å²) in [5.74, 6) is 0.477. The van der Waals surface area contributed by atoms with Crippen LogP contribution in [0.15, 0.2) is 54.6 Å². The van der Waals surface area contributed by atoms with Gasteiger partial charge in [-0.25, -0.2) is 4.79 Å². The van der Waals surface area contributed by atoms with Gasteiger partial charge in [-0.05, 0) is 48.4 Å². The summed E-state index contributed by atoms with van der Waals surface area (Å²) in [5, 5.41) is 13.2. The Balaban J connectivity index is 1.64. The lowest BCUT2D eigenvalue weighted by atomic mass is 10.0. The minimum atomic E-state index is -0.123. The minimum Gasteiger partial charge on any atom is -0.395 e. The van der Waals surface area contributed by atoms with E-state index in [1.807, 2.05) is 42.5 Å². The Morgan fingerprint density at radius 3 is 2.42 bits per heavy atom. The van der Waals surface area contributed by atoms with Crippen molar-refractivity contribution in [3.63, 3.8) is 0 Å². The third kappa shape index (κ3) is 5.23. The molecule has 0 radical (unpaired) electrons. The van der Waals surface area contributed by atoms with E-state index in [2.05, 4.69) is 17.4 Å². The van der Waals surface area contributed by atoms with Gasteiger partial charge in [-0.15, -0.1) is 0 Å². The van der Waals surface area contributed by atoms with Gasteiger partial charge in [0, 0.05) is 18.1 Å². The predicted octanol–water partition coefficient (Wildman–Crippen LogP) is 4.04. The average molecular weight is 373 g/mol. The van der Waals surface area contributed by atoms with E-state index in [1.165, 1.54) is 5.56 Å². The summed E-state index contributed by atoms with van der Waals surface area (Å²) in [6.07, 6.45) is 3.01. The molecule has 1 atom stereocenters. The number of urea groups is 1. The minimum absolute atomic E-state index is 0.00214. The fraction of sp³-hybridized carbons (Fsp3) is 0.381. The highest BCUT2D eigenvalue weighted by molar-refractivity contribution is 6.30. The number of carbonyl (C=O) groups excluding carboxylic acids is 1. The number of halogens is 1. The predicted molar refractivity (Wildman–Crippen MR) is 104 cm³/mol. The van der Waals surface area contributed by atoms with Gasteiger partial charge in [0.15, 0.2) is 0 Å². The van der Waals surface area contributed by atoms with Crippen LogP contribution in [0.5, 0.6) is 0 Å². The zero-order valence-corrected chi connectivity index (χ0v) is 15.5. The molecule has 1 aliphatic rings. The highest BCUT2D eigenvalue weighted by Gasteiger charge is 2.34. The maximum atomic E-state index is 12.8. The van der Waals surface area contributed by atoms with E-state index in [4.69, 9.17) is 11.6 Å². The van der Waals surface area contributed by atoms with Gasteiger partial charge in [-0.2, -0.15) is 0 Å². The van der Waals surface area contributed by atoms with Gasteiger partial charge in [0.1, 0.15) is 0 Å². The molecule has 3 rings (SSSR count). The third-order valence-corrected chi connectivity index (χ3v) is 5.02. The molecule has 2 aromatic rings. The molecule has 1 fully saturated rings. The SMILES string of the molecule is O=C(NC(c1ccc(Cl)cc1)C1CC1)N(CCO)CCc1ccccc1. The molecule has 26 heavy (non-hydrogen) atoms. The topological polar surface area (TPSA) is 52.6 Å². The summed E-state index contributed by atoms with van der Waals surface area (Å²) in [7, 11) is 0. The van der Waals surface area contributed by atoms with Gasteiger partial charge in [0.05, 0.1) is 12.6 Å². The molecule has 1 saturated carbocycles. The molecule has 0 heterocycles. The number of benzene rings is 2. The van der Waals surface area contributed by atoms with Crippen molar-refractivity contribution >= 4 is 17.6 Å². The number of hydrogen-bond donors (Lipinski definition) is 2. The molecule has 138 valence electrons. The number of nitrogens with zero attached hydrogens (tertiary/aromatic N) is 1. The van der Waals surface area contributed by atoms with Crippen LogP contribution in [0.2, 0.25) is 5.02 Å². The van der Waals surface area contributed by atoms with Crippen molar-refractivity contribution in [2.75, 3.05) is 19.7 Å². The van der Waals surface area contributed by atoms with Crippen molar-refractivity contribution in [1.29, 1.82) is 0 Å². The van der Waals surface area contributed by atoms with Crippen LogP contribution in [0.4, 0.5) is 4.79 Å². The van der Waals surface area contributed by atoms with Gasteiger partial charge in [-0.1, -0.05) is 54.1 Å². The molecular weight excluding hydrogens is 348 g/mol. The van der Waals surface area contributed by atoms with Crippen LogP contribution in [-0.2, 0) is 6.42 Å². The molecule has 0 bridgehead atoms. The van der Waals surface area contributed by atoms with Gasteiger partial charge in [-0.3, -0.25) is 0 Å². The van der Waals surface area contributed by atoms with Gasteiger partial charge in [0.25, 0.3) is 0 Å². The normalized spacial score (nSPS) is 14.7. The number of carbonyl (C=O) groups is 1. The maximum Gasteiger partial charge on any atom is 0.317 e. The molecule has 0 aromatic heterocycles. The summed E-state index contributed by atoms with van der Waals surface area (Å²) in [6, 6.07) is 17.6. The summed E-state index contributed by atoms with van der Waals surface area (Å²) in [6.45, 7) is 0.863. The fourth-order valence-electron chi connectivity index (χ4n) is 3.14. The Hall–Kier alpha value is -2.04. The van der Waals surface area contributed by atoms with Crippen molar-refractivity contribution in [3.05, 3.63) is 70.7 Å². The Labute approximate surface area is 159 Å². The van der Waals surface area contributed by atoms with E-state index in [9.17, 15) is 9.90 Å². The van der Waals surface area contributed by atoms with Crippen LogP contribution in [-0.4, -0.2) is 35.7 Å². The molecule has 1 unspecified atom stereocenters. The molecule has 5 heteroatoms. The van der Waals surface area contributed by atoms with Crippen molar-refractivity contribution in [2.45, 2.75) is 25.3 Å². The Bertz CT molecular complexity index is 702. The van der Waals surface area contributed by atoms with Crippen LogP contribution < -0.4 is 5.32 Å². The zero-order chi connectivity index (χ0) is 18.4. The van der Waals surface area contributed by atoms with Gasteiger partial charge in [0.2, 0.25) is 0 Å². The van der Waals surface area contributed by atoms with Gasteiger partial charge < -0.3 is 15.3 Å². The molecule has 2 aromatic carbocycles. The van der Waals surface area contributed by atoms with E-state index >= 15 is 0 Å². The molecule has 0 spiro atoms. The Morgan fingerprint density at radius 2 is 1.81 bits per heavy atom. The lowest BCUT2D eigenvalue weighted by Gasteiger charge is -2.26. The summed E-state index contributed by atoms with van der Waals surface area (Å²) in [4.78, 5) is 14.5. The smallest absolute Gasteiger partial charge is 0.317 e. The lowest BCUT2D eigenvalue weighted by Crippen LogP contribution is -2.44. The fourth-order valence-corrected chi connectivity index (χ4v) is 3.27. The summed E-state index contributed by atoms with van der Waals surface area (Å²) < 4.78 is 0. The van der Waals surface area contributed by atoms with Crippen LogP contribution in [0.25, 0.3) is 0 Å². The molecule has 0 aliphatic heterocycles. The summed E-state index contributed by atoms with van der Waals surface area (Å²) in [5.41, 5.74) is 2.26. The number of hydrogen-bond acceptors (Lipinski definition) is 2. The van der Waals surface area contributed by atoms with Crippen LogP contribution in [0.3, 0.4) is 0 Å². The largest absolute Gasteiger partial charge is 0.395 e. The van der Waals surface area contributed by atoms with Crippen LogP contribution in [0, 0.1) is 5.92 Å². The third-order valence-electron chi connectivity index (χ3n) is 4.77. The molecular formula is C21H25ClN2O2. The first kappa shape index (κ1) is 18.7. The highest BCUT2D eigenvalue weighted by Crippen LogP contribution is 2.41. The quantitative estimate of drug-likeness (QED) is 0.734. The summed E-state index contributed by atoms with van der Waals surface area (Å²) >= 11 is 5.99.